The summed E-state index contributed by atoms with van der Waals surface area (Å²) in [5.74, 6) is 0.844. The van der Waals surface area contributed by atoms with Crippen molar-refractivity contribution in [3.8, 4) is 6.07 Å². The van der Waals surface area contributed by atoms with Crippen LogP contribution in [0.2, 0.25) is 0 Å². The molecule has 22 heavy (non-hydrogen) atoms. The van der Waals surface area contributed by atoms with Crippen molar-refractivity contribution in [2.45, 2.75) is 25.3 Å². The summed E-state index contributed by atoms with van der Waals surface area (Å²) >= 11 is 0. The van der Waals surface area contributed by atoms with Crippen molar-refractivity contribution in [3.05, 3.63) is 26.4 Å². The van der Waals surface area contributed by atoms with Gasteiger partial charge in [-0.2, -0.15) is 5.26 Å². The molecule has 0 unspecified atom stereocenters. The Bertz CT molecular complexity index is 733. The van der Waals surface area contributed by atoms with Gasteiger partial charge in [0.1, 0.15) is 11.9 Å². The molecule has 1 saturated carbocycles. The van der Waals surface area contributed by atoms with Gasteiger partial charge in [-0.25, -0.2) is 4.79 Å². The van der Waals surface area contributed by atoms with Crippen molar-refractivity contribution in [1.29, 1.82) is 5.26 Å². The van der Waals surface area contributed by atoms with Gasteiger partial charge < -0.3 is 9.64 Å². The molecule has 0 spiro atoms. The summed E-state index contributed by atoms with van der Waals surface area (Å²) in [5, 5.41) is 9.42. The largest absolute Gasteiger partial charge is 0.381 e. The van der Waals surface area contributed by atoms with Gasteiger partial charge in [0.15, 0.2) is 5.56 Å². The Labute approximate surface area is 128 Å². The number of nitriles is 1. The minimum atomic E-state index is -0.520. The Morgan fingerprint density at radius 3 is 2.55 bits per heavy atom. The fourth-order valence-electron chi connectivity index (χ4n) is 3.07. The molecule has 0 bridgehead atoms. The van der Waals surface area contributed by atoms with Crippen LogP contribution in [0.5, 0.6) is 0 Å². The summed E-state index contributed by atoms with van der Waals surface area (Å²) < 4.78 is 7.84. The first kappa shape index (κ1) is 14.9. The van der Waals surface area contributed by atoms with E-state index in [0.29, 0.717) is 24.4 Å². The van der Waals surface area contributed by atoms with Crippen molar-refractivity contribution in [1.82, 2.24) is 9.13 Å². The van der Waals surface area contributed by atoms with Gasteiger partial charge in [0.05, 0.1) is 6.61 Å². The van der Waals surface area contributed by atoms with Crippen molar-refractivity contribution < 1.29 is 4.74 Å². The molecule has 3 rings (SSSR count). The van der Waals surface area contributed by atoms with E-state index in [-0.39, 0.29) is 5.56 Å². The third-order valence-corrected chi connectivity index (χ3v) is 4.48. The van der Waals surface area contributed by atoms with E-state index in [1.54, 1.807) is 7.05 Å². The molecule has 7 heteroatoms. The molecule has 0 amide bonds. The monoisotopic (exact) mass is 304 g/mol. The third kappa shape index (κ3) is 2.44. The molecular weight excluding hydrogens is 284 g/mol. The second kappa shape index (κ2) is 5.61. The lowest BCUT2D eigenvalue weighted by Gasteiger charge is -2.29. The van der Waals surface area contributed by atoms with E-state index in [1.165, 1.54) is 11.6 Å². The molecule has 1 aromatic heterocycles. The highest BCUT2D eigenvalue weighted by atomic mass is 16.5. The Hall–Kier alpha value is -2.07. The van der Waals surface area contributed by atoms with E-state index in [4.69, 9.17) is 4.74 Å². The van der Waals surface area contributed by atoms with Gasteiger partial charge in [0.25, 0.3) is 5.56 Å². The summed E-state index contributed by atoms with van der Waals surface area (Å²) in [4.78, 5) is 26.6. The SMILES string of the molecule is Cn1c(N(C[C@@H]2CCOC2)C2CC2)c(C#N)c(=O)n(C)c1=O. The molecule has 0 aromatic carbocycles. The van der Waals surface area contributed by atoms with Gasteiger partial charge in [-0.1, -0.05) is 0 Å². The van der Waals surface area contributed by atoms with Gasteiger partial charge >= 0.3 is 5.69 Å². The van der Waals surface area contributed by atoms with Gasteiger partial charge in [-0.3, -0.25) is 13.9 Å². The highest BCUT2D eigenvalue weighted by Gasteiger charge is 2.35. The van der Waals surface area contributed by atoms with Crippen LogP contribution < -0.4 is 16.1 Å². The number of rotatable bonds is 4. The molecular formula is C15H20N4O3. The first-order valence-corrected chi connectivity index (χ1v) is 7.59. The van der Waals surface area contributed by atoms with E-state index in [2.05, 4.69) is 4.90 Å². The molecule has 1 atom stereocenters. The van der Waals surface area contributed by atoms with Crippen molar-refractivity contribution in [2.75, 3.05) is 24.7 Å². The normalized spacial score (nSPS) is 20.9. The first-order chi connectivity index (χ1) is 10.5. The molecule has 0 N–H and O–H groups in total. The van der Waals surface area contributed by atoms with Gasteiger partial charge in [0, 0.05) is 39.2 Å². The van der Waals surface area contributed by atoms with E-state index in [0.717, 1.165) is 37.0 Å². The highest BCUT2D eigenvalue weighted by molar-refractivity contribution is 5.55. The van der Waals surface area contributed by atoms with E-state index in [1.807, 2.05) is 6.07 Å². The molecule has 118 valence electrons. The molecule has 1 aliphatic carbocycles. The van der Waals surface area contributed by atoms with Crippen molar-refractivity contribution in [2.24, 2.45) is 20.0 Å². The minimum Gasteiger partial charge on any atom is -0.381 e. The van der Waals surface area contributed by atoms with E-state index in [9.17, 15) is 14.9 Å². The van der Waals surface area contributed by atoms with E-state index >= 15 is 0 Å². The topological polar surface area (TPSA) is 80.3 Å². The van der Waals surface area contributed by atoms with Crippen molar-refractivity contribution in [3.63, 3.8) is 0 Å². The number of aromatic nitrogens is 2. The van der Waals surface area contributed by atoms with Crippen LogP contribution in [0.4, 0.5) is 5.82 Å². The lowest BCUT2D eigenvalue weighted by atomic mass is 10.1. The Balaban J connectivity index is 2.09. The lowest BCUT2D eigenvalue weighted by Crippen LogP contribution is -2.44. The number of anilines is 1. The molecule has 1 aromatic rings. The second-order valence-electron chi connectivity index (χ2n) is 6.13. The van der Waals surface area contributed by atoms with E-state index < -0.39 is 11.2 Å². The number of hydrogen-bond acceptors (Lipinski definition) is 5. The molecule has 2 heterocycles. The molecule has 0 radical (unpaired) electrons. The predicted molar refractivity (Wildman–Crippen MR) is 80.9 cm³/mol. The van der Waals surface area contributed by atoms with Gasteiger partial charge in [-0.15, -0.1) is 0 Å². The smallest absolute Gasteiger partial charge is 0.332 e. The predicted octanol–water partition coefficient (Wildman–Crippen LogP) is -0.0390. The highest BCUT2D eigenvalue weighted by Crippen LogP contribution is 2.33. The minimum absolute atomic E-state index is 0.0513. The van der Waals surface area contributed by atoms with Crippen LogP contribution in [0.15, 0.2) is 9.59 Å². The summed E-state index contributed by atoms with van der Waals surface area (Å²) in [7, 11) is 3.03. The molecule has 2 aliphatic rings. The van der Waals surface area contributed by atoms with Gasteiger partial charge in [-0.05, 0) is 19.3 Å². The Morgan fingerprint density at radius 2 is 2.00 bits per heavy atom. The average Bonchev–Trinajstić information content (AvgIpc) is 3.23. The maximum atomic E-state index is 12.3. The second-order valence-corrected chi connectivity index (χ2v) is 6.13. The lowest BCUT2D eigenvalue weighted by molar-refractivity contribution is 0.186. The van der Waals surface area contributed by atoms with Crippen LogP contribution in [0, 0.1) is 17.2 Å². The fraction of sp³-hybridized carbons (Fsp3) is 0.667. The number of ether oxygens (including phenoxy) is 1. The van der Waals surface area contributed by atoms with Crippen LogP contribution in [0.1, 0.15) is 24.8 Å². The number of hydrogen-bond donors (Lipinski definition) is 0. The average molecular weight is 304 g/mol. The third-order valence-electron chi connectivity index (χ3n) is 4.48. The maximum Gasteiger partial charge on any atom is 0.332 e. The molecule has 2 fully saturated rings. The molecule has 7 nitrogen and oxygen atoms in total. The zero-order valence-electron chi connectivity index (χ0n) is 12.9. The Morgan fingerprint density at radius 1 is 1.27 bits per heavy atom. The summed E-state index contributed by atoms with van der Waals surface area (Å²) in [6.07, 6.45) is 3.04. The molecule has 1 aliphatic heterocycles. The van der Waals surface area contributed by atoms with Crippen LogP contribution in [-0.4, -0.2) is 34.9 Å². The van der Waals surface area contributed by atoms with Gasteiger partial charge in [0.2, 0.25) is 0 Å². The zero-order valence-corrected chi connectivity index (χ0v) is 12.9. The first-order valence-electron chi connectivity index (χ1n) is 7.59. The number of nitrogens with zero attached hydrogens (tertiary/aromatic N) is 4. The summed E-state index contributed by atoms with van der Waals surface area (Å²) in [6, 6.07) is 2.31. The Kier molecular flexibility index (Phi) is 3.79. The summed E-state index contributed by atoms with van der Waals surface area (Å²) in [6.45, 7) is 2.17. The van der Waals surface area contributed by atoms with Crippen LogP contribution >= 0.6 is 0 Å². The van der Waals surface area contributed by atoms with Crippen LogP contribution in [-0.2, 0) is 18.8 Å². The quantitative estimate of drug-likeness (QED) is 0.780. The molecule has 1 saturated heterocycles. The summed E-state index contributed by atoms with van der Waals surface area (Å²) in [5.41, 5.74) is -0.864. The van der Waals surface area contributed by atoms with Crippen LogP contribution in [0.3, 0.4) is 0 Å². The fourth-order valence-corrected chi connectivity index (χ4v) is 3.07. The zero-order chi connectivity index (χ0) is 15.9. The van der Waals surface area contributed by atoms with Crippen LogP contribution in [0.25, 0.3) is 0 Å². The standard InChI is InChI=1S/C15H20N4O3/c1-17-13(12(7-16)14(20)18(2)15(17)21)19(11-3-4-11)8-10-5-6-22-9-10/h10-11H,3-6,8-9H2,1-2H3/t10-/m0/s1. The maximum absolute atomic E-state index is 12.3. The van der Waals surface area contributed by atoms with Crippen molar-refractivity contribution >= 4 is 5.82 Å².